The molecule has 0 saturated carbocycles. The molecule has 0 fully saturated rings. The Hall–Kier alpha value is -2.30. The summed E-state index contributed by atoms with van der Waals surface area (Å²) in [5.74, 6) is 0.180. The summed E-state index contributed by atoms with van der Waals surface area (Å²) in [7, 11) is 0. The van der Waals surface area contributed by atoms with Gasteiger partial charge in [-0.15, -0.1) is 0 Å². The first kappa shape index (κ1) is 15.1. The SMILES string of the molecule is C[C@H](NC(=O)[C@@H]1CC=CCC1)c1ccc(NC(N)=O)cc1. The first-order valence-corrected chi connectivity index (χ1v) is 7.18. The smallest absolute Gasteiger partial charge is 0.316 e. The highest BCUT2D eigenvalue weighted by molar-refractivity contribution is 5.87. The van der Waals surface area contributed by atoms with Gasteiger partial charge in [0, 0.05) is 11.6 Å². The van der Waals surface area contributed by atoms with E-state index in [1.807, 2.05) is 19.1 Å². The van der Waals surface area contributed by atoms with Gasteiger partial charge in [-0.3, -0.25) is 4.79 Å². The highest BCUT2D eigenvalue weighted by atomic mass is 16.2. The van der Waals surface area contributed by atoms with Crippen molar-refractivity contribution in [1.82, 2.24) is 5.32 Å². The Balaban J connectivity index is 1.93. The zero-order valence-corrected chi connectivity index (χ0v) is 12.1. The Kier molecular flexibility index (Phi) is 4.98. The molecule has 5 heteroatoms. The lowest BCUT2D eigenvalue weighted by molar-refractivity contribution is -0.125. The molecule has 0 spiro atoms. The van der Waals surface area contributed by atoms with Crippen LogP contribution < -0.4 is 16.4 Å². The largest absolute Gasteiger partial charge is 0.351 e. The number of urea groups is 1. The van der Waals surface area contributed by atoms with Crippen molar-refractivity contribution in [3.8, 4) is 0 Å². The van der Waals surface area contributed by atoms with Gasteiger partial charge in [-0.25, -0.2) is 4.79 Å². The maximum Gasteiger partial charge on any atom is 0.316 e. The van der Waals surface area contributed by atoms with Crippen LogP contribution in [0.15, 0.2) is 36.4 Å². The van der Waals surface area contributed by atoms with E-state index in [0.29, 0.717) is 5.69 Å². The van der Waals surface area contributed by atoms with E-state index in [0.717, 1.165) is 24.8 Å². The molecule has 0 aliphatic heterocycles. The average molecular weight is 287 g/mol. The monoisotopic (exact) mass is 287 g/mol. The zero-order valence-electron chi connectivity index (χ0n) is 12.1. The van der Waals surface area contributed by atoms with Crippen molar-refractivity contribution in [3.05, 3.63) is 42.0 Å². The summed E-state index contributed by atoms with van der Waals surface area (Å²) >= 11 is 0. The summed E-state index contributed by atoms with van der Waals surface area (Å²) in [5, 5.41) is 5.55. The number of hydrogen-bond donors (Lipinski definition) is 3. The second-order valence-corrected chi connectivity index (χ2v) is 5.32. The minimum Gasteiger partial charge on any atom is -0.351 e. The standard InChI is InChI=1S/C16H21N3O2/c1-11(18-15(20)13-5-3-2-4-6-13)12-7-9-14(10-8-12)19-16(17)21/h2-3,7-11,13H,4-6H2,1H3,(H,18,20)(H3,17,19,21)/t11-,13+/m0/s1. The van der Waals surface area contributed by atoms with Crippen molar-refractivity contribution in [2.45, 2.75) is 32.2 Å². The maximum atomic E-state index is 12.2. The van der Waals surface area contributed by atoms with Crippen LogP contribution in [-0.2, 0) is 4.79 Å². The number of primary amides is 1. The van der Waals surface area contributed by atoms with Crippen LogP contribution in [0, 0.1) is 5.92 Å². The van der Waals surface area contributed by atoms with Gasteiger partial charge in [-0.2, -0.15) is 0 Å². The minimum atomic E-state index is -0.588. The number of rotatable bonds is 4. The number of nitrogens with two attached hydrogens (primary N) is 1. The molecule has 1 aromatic rings. The quantitative estimate of drug-likeness (QED) is 0.744. The van der Waals surface area contributed by atoms with E-state index in [1.165, 1.54) is 0 Å². The van der Waals surface area contributed by atoms with Crippen molar-refractivity contribution < 1.29 is 9.59 Å². The third-order valence-electron chi connectivity index (χ3n) is 3.68. The summed E-state index contributed by atoms with van der Waals surface area (Å²) in [6.07, 6.45) is 6.90. The lowest BCUT2D eigenvalue weighted by Gasteiger charge is -2.21. The lowest BCUT2D eigenvalue weighted by Crippen LogP contribution is -2.33. The molecule has 1 aliphatic rings. The van der Waals surface area contributed by atoms with Crippen molar-refractivity contribution >= 4 is 17.6 Å². The molecular formula is C16H21N3O2. The van der Waals surface area contributed by atoms with E-state index in [1.54, 1.807) is 12.1 Å². The predicted molar refractivity (Wildman–Crippen MR) is 82.7 cm³/mol. The molecule has 1 aromatic carbocycles. The maximum absolute atomic E-state index is 12.2. The van der Waals surface area contributed by atoms with Gasteiger partial charge < -0.3 is 16.4 Å². The number of nitrogens with one attached hydrogen (secondary N) is 2. The van der Waals surface area contributed by atoms with Gasteiger partial charge in [-0.05, 0) is 43.9 Å². The van der Waals surface area contributed by atoms with Gasteiger partial charge in [-0.1, -0.05) is 24.3 Å². The highest BCUT2D eigenvalue weighted by Gasteiger charge is 2.20. The summed E-state index contributed by atoms with van der Waals surface area (Å²) in [5.41, 5.74) is 6.69. The molecule has 0 aromatic heterocycles. The first-order chi connectivity index (χ1) is 10.1. The van der Waals surface area contributed by atoms with Crippen LogP contribution in [0.1, 0.15) is 37.8 Å². The van der Waals surface area contributed by atoms with E-state index in [9.17, 15) is 9.59 Å². The normalized spacial score (nSPS) is 18.8. The third-order valence-corrected chi connectivity index (χ3v) is 3.68. The molecule has 5 nitrogen and oxygen atoms in total. The van der Waals surface area contributed by atoms with Crippen LogP contribution in [0.4, 0.5) is 10.5 Å². The number of allylic oxidation sites excluding steroid dienone is 2. The fourth-order valence-corrected chi connectivity index (χ4v) is 2.44. The molecule has 112 valence electrons. The molecule has 1 aliphatic carbocycles. The van der Waals surface area contributed by atoms with E-state index < -0.39 is 6.03 Å². The third kappa shape index (κ3) is 4.34. The average Bonchev–Trinajstić information content (AvgIpc) is 2.48. The van der Waals surface area contributed by atoms with Gasteiger partial charge in [0.05, 0.1) is 6.04 Å². The number of anilines is 1. The fourth-order valence-electron chi connectivity index (χ4n) is 2.44. The van der Waals surface area contributed by atoms with E-state index in [4.69, 9.17) is 5.73 Å². The number of benzene rings is 1. The number of carbonyl (C=O) groups excluding carboxylic acids is 2. The van der Waals surface area contributed by atoms with Gasteiger partial charge in [0.25, 0.3) is 0 Å². The molecule has 0 bridgehead atoms. The summed E-state index contributed by atoms with van der Waals surface area (Å²) in [6, 6.07) is 6.63. The molecular weight excluding hydrogens is 266 g/mol. The Morgan fingerprint density at radius 2 is 1.95 bits per heavy atom. The van der Waals surface area contributed by atoms with E-state index in [2.05, 4.69) is 22.8 Å². The Morgan fingerprint density at radius 3 is 2.52 bits per heavy atom. The molecule has 4 N–H and O–H groups in total. The van der Waals surface area contributed by atoms with Gasteiger partial charge >= 0.3 is 6.03 Å². The Morgan fingerprint density at radius 1 is 1.24 bits per heavy atom. The second-order valence-electron chi connectivity index (χ2n) is 5.32. The van der Waals surface area contributed by atoms with Crippen LogP contribution in [-0.4, -0.2) is 11.9 Å². The van der Waals surface area contributed by atoms with Crippen molar-refractivity contribution in [3.63, 3.8) is 0 Å². The van der Waals surface area contributed by atoms with Crippen LogP contribution in [0.25, 0.3) is 0 Å². The minimum absolute atomic E-state index is 0.0639. The second kappa shape index (κ2) is 6.92. The fraction of sp³-hybridized carbons (Fsp3) is 0.375. The number of carbonyl (C=O) groups is 2. The van der Waals surface area contributed by atoms with Crippen molar-refractivity contribution in [2.24, 2.45) is 11.7 Å². The van der Waals surface area contributed by atoms with Gasteiger partial charge in [0.2, 0.25) is 5.91 Å². The Bertz CT molecular complexity index is 537. The summed E-state index contributed by atoms with van der Waals surface area (Å²) in [4.78, 5) is 22.9. The van der Waals surface area contributed by atoms with Gasteiger partial charge in [0.15, 0.2) is 0 Å². The van der Waals surface area contributed by atoms with Gasteiger partial charge in [0.1, 0.15) is 0 Å². The molecule has 2 rings (SSSR count). The molecule has 21 heavy (non-hydrogen) atoms. The Labute approximate surface area is 124 Å². The lowest BCUT2D eigenvalue weighted by atomic mass is 9.93. The van der Waals surface area contributed by atoms with Crippen molar-refractivity contribution in [1.29, 1.82) is 0 Å². The molecule has 0 radical (unpaired) electrons. The molecule has 0 saturated heterocycles. The molecule has 3 amide bonds. The predicted octanol–water partition coefficient (Wildman–Crippen LogP) is 2.71. The van der Waals surface area contributed by atoms with Crippen LogP contribution in [0.3, 0.4) is 0 Å². The van der Waals surface area contributed by atoms with Crippen LogP contribution in [0.5, 0.6) is 0 Å². The zero-order chi connectivity index (χ0) is 15.2. The molecule has 0 unspecified atom stereocenters. The first-order valence-electron chi connectivity index (χ1n) is 7.18. The number of amides is 3. The molecule has 0 heterocycles. The van der Waals surface area contributed by atoms with Crippen molar-refractivity contribution in [2.75, 3.05) is 5.32 Å². The summed E-state index contributed by atoms with van der Waals surface area (Å²) < 4.78 is 0. The highest BCUT2D eigenvalue weighted by Crippen LogP contribution is 2.21. The number of hydrogen-bond acceptors (Lipinski definition) is 2. The van der Waals surface area contributed by atoms with E-state index in [-0.39, 0.29) is 17.9 Å². The van der Waals surface area contributed by atoms with E-state index >= 15 is 0 Å². The van der Waals surface area contributed by atoms with Crippen LogP contribution in [0.2, 0.25) is 0 Å². The molecule has 2 atom stereocenters. The van der Waals surface area contributed by atoms with Crippen LogP contribution >= 0.6 is 0 Å². The summed E-state index contributed by atoms with van der Waals surface area (Å²) in [6.45, 7) is 1.95. The topological polar surface area (TPSA) is 84.2 Å².